The normalized spacial score (nSPS) is 19.4. The van der Waals surface area contributed by atoms with E-state index in [1.165, 1.54) is 15.6 Å². The van der Waals surface area contributed by atoms with Gasteiger partial charge in [-0.1, -0.05) is 18.2 Å². The van der Waals surface area contributed by atoms with E-state index < -0.39 is 0 Å². The predicted octanol–water partition coefficient (Wildman–Crippen LogP) is 4.47. The average molecular weight is 417 g/mol. The maximum absolute atomic E-state index is 12.9. The Morgan fingerprint density at radius 1 is 1.17 bits per heavy atom. The Balaban J connectivity index is 1.68. The number of hydrogen-bond acceptors (Lipinski definition) is 4. The maximum atomic E-state index is 12.9. The van der Waals surface area contributed by atoms with Gasteiger partial charge < -0.3 is 15.4 Å². The fraction of sp³-hybridized carbons (Fsp3) is 0.565. The fourth-order valence-electron chi connectivity index (χ4n) is 4.16. The van der Waals surface area contributed by atoms with Crippen LogP contribution >= 0.6 is 11.3 Å². The molecule has 0 radical (unpaired) electrons. The van der Waals surface area contributed by atoms with Gasteiger partial charge in [0, 0.05) is 30.8 Å². The first kappa shape index (κ1) is 21.8. The molecule has 0 atom stereocenters. The standard InChI is InChI=1S/C23H32N2O3S/c1-15(2)25-23(27)22-21(18-6-4-5-7-19(18)29-22)17-10-8-16(9-11-17)14-24-20(26)12-13-28-3/h4-7,15-17H,8-14H2,1-3H3,(H,24,26)(H,25,27). The van der Waals surface area contributed by atoms with Crippen molar-refractivity contribution in [2.45, 2.75) is 57.9 Å². The fourth-order valence-corrected chi connectivity index (χ4v) is 5.36. The first-order chi connectivity index (χ1) is 14.0. The Morgan fingerprint density at radius 2 is 1.90 bits per heavy atom. The lowest BCUT2D eigenvalue weighted by Gasteiger charge is -2.29. The molecule has 158 valence electrons. The van der Waals surface area contributed by atoms with Crippen molar-refractivity contribution in [3.63, 3.8) is 0 Å². The molecule has 0 unspecified atom stereocenters. The van der Waals surface area contributed by atoms with Crippen molar-refractivity contribution in [3.8, 4) is 0 Å². The quantitative estimate of drug-likeness (QED) is 0.667. The Morgan fingerprint density at radius 3 is 2.59 bits per heavy atom. The largest absolute Gasteiger partial charge is 0.384 e. The molecule has 29 heavy (non-hydrogen) atoms. The van der Waals surface area contributed by atoms with Crippen LogP contribution in [0.15, 0.2) is 24.3 Å². The van der Waals surface area contributed by atoms with Gasteiger partial charge in [0.05, 0.1) is 11.5 Å². The first-order valence-corrected chi connectivity index (χ1v) is 11.4. The second-order valence-electron chi connectivity index (χ2n) is 8.23. The number of fused-ring (bicyclic) bond motifs is 1. The lowest BCUT2D eigenvalue weighted by Crippen LogP contribution is -2.32. The summed E-state index contributed by atoms with van der Waals surface area (Å²) in [4.78, 5) is 25.5. The van der Waals surface area contributed by atoms with E-state index in [-0.39, 0.29) is 17.9 Å². The minimum absolute atomic E-state index is 0.0451. The second-order valence-corrected chi connectivity index (χ2v) is 9.29. The van der Waals surface area contributed by atoms with Crippen LogP contribution in [0.25, 0.3) is 10.1 Å². The highest BCUT2D eigenvalue weighted by atomic mass is 32.1. The van der Waals surface area contributed by atoms with Gasteiger partial charge >= 0.3 is 0 Å². The topological polar surface area (TPSA) is 67.4 Å². The highest BCUT2D eigenvalue weighted by Crippen LogP contribution is 2.43. The number of methoxy groups -OCH3 is 1. The lowest BCUT2D eigenvalue weighted by atomic mass is 9.77. The molecular weight excluding hydrogens is 384 g/mol. The van der Waals surface area contributed by atoms with E-state index in [1.807, 2.05) is 19.9 Å². The third-order valence-electron chi connectivity index (χ3n) is 5.64. The average Bonchev–Trinajstić information content (AvgIpc) is 3.10. The van der Waals surface area contributed by atoms with Crippen LogP contribution in [0.2, 0.25) is 0 Å². The van der Waals surface area contributed by atoms with Gasteiger partial charge in [-0.3, -0.25) is 9.59 Å². The summed E-state index contributed by atoms with van der Waals surface area (Å²) >= 11 is 1.61. The minimum atomic E-state index is 0.0451. The molecule has 1 aromatic carbocycles. The zero-order valence-corrected chi connectivity index (χ0v) is 18.4. The monoisotopic (exact) mass is 416 g/mol. The van der Waals surface area contributed by atoms with Gasteiger partial charge in [-0.15, -0.1) is 11.3 Å². The van der Waals surface area contributed by atoms with Gasteiger partial charge in [0.25, 0.3) is 5.91 Å². The number of ether oxygens (including phenoxy) is 1. The van der Waals surface area contributed by atoms with Crippen LogP contribution in [0.5, 0.6) is 0 Å². The second kappa shape index (κ2) is 10.2. The summed E-state index contributed by atoms with van der Waals surface area (Å²) in [5.74, 6) is 1.02. The highest BCUT2D eigenvalue weighted by molar-refractivity contribution is 7.21. The highest BCUT2D eigenvalue weighted by Gasteiger charge is 2.29. The number of nitrogens with one attached hydrogen (secondary N) is 2. The van der Waals surface area contributed by atoms with Crippen molar-refractivity contribution < 1.29 is 14.3 Å². The summed E-state index contributed by atoms with van der Waals surface area (Å²) in [6, 6.07) is 8.48. The molecule has 1 aliphatic rings. The molecule has 2 N–H and O–H groups in total. The van der Waals surface area contributed by atoms with Gasteiger partial charge in [-0.05, 0) is 68.4 Å². The van der Waals surface area contributed by atoms with Crippen molar-refractivity contribution in [1.29, 1.82) is 0 Å². The summed E-state index contributed by atoms with van der Waals surface area (Å²) in [5, 5.41) is 7.33. The number of carbonyl (C=O) groups excluding carboxylic acids is 2. The molecule has 0 bridgehead atoms. The zero-order chi connectivity index (χ0) is 20.8. The van der Waals surface area contributed by atoms with Gasteiger partial charge in [-0.2, -0.15) is 0 Å². The number of carbonyl (C=O) groups is 2. The van der Waals surface area contributed by atoms with Gasteiger partial charge in [0.2, 0.25) is 5.91 Å². The number of thiophene rings is 1. The Labute approximate surface area is 177 Å². The zero-order valence-electron chi connectivity index (χ0n) is 17.6. The number of benzene rings is 1. The third kappa shape index (κ3) is 5.58. The Kier molecular flexibility index (Phi) is 7.67. The van der Waals surface area contributed by atoms with Crippen LogP contribution < -0.4 is 10.6 Å². The molecule has 0 aliphatic heterocycles. The molecule has 1 heterocycles. The lowest BCUT2D eigenvalue weighted by molar-refractivity contribution is -0.122. The molecule has 1 saturated carbocycles. The molecule has 1 aliphatic carbocycles. The summed E-state index contributed by atoms with van der Waals surface area (Å²) in [6.45, 7) is 5.19. The molecule has 6 heteroatoms. The van der Waals surface area contributed by atoms with E-state index in [4.69, 9.17) is 4.74 Å². The third-order valence-corrected chi connectivity index (χ3v) is 6.82. The molecule has 2 aromatic rings. The summed E-state index contributed by atoms with van der Waals surface area (Å²) in [5.41, 5.74) is 1.23. The summed E-state index contributed by atoms with van der Waals surface area (Å²) in [6.07, 6.45) is 4.68. The Hall–Kier alpha value is -1.92. The van der Waals surface area contributed by atoms with E-state index in [0.717, 1.165) is 37.1 Å². The predicted molar refractivity (Wildman–Crippen MR) is 119 cm³/mol. The maximum Gasteiger partial charge on any atom is 0.261 e. The van der Waals surface area contributed by atoms with Crippen molar-refractivity contribution in [2.75, 3.05) is 20.3 Å². The van der Waals surface area contributed by atoms with E-state index in [9.17, 15) is 9.59 Å². The molecular formula is C23H32N2O3S. The van der Waals surface area contributed by atoms with Gasteiger partial charge in [-0.25, -0.2) is 0 Å². The smallest absolute Gasteiger partial charge is 0.261 e. The van der Waals surface area contributed by atoms with Crippen molar-refractivity contribution in [2.24, 2.45) is 5.92 Å². The van der Waals surface area contributed by atoms with Crippen molar-refractivity contribution >= 4 is 33.2 Å². The van der Waals surface area contributed by atoms with E-state index in [0.29, 0.717) is 24.9 Å². The molecule has 3 rings (SSSR count). The van der Waals surface area contributed by atoms with Crippen LogP contribution in [0.4, 0.5) is 0 Å². The molecule has 5 nitrogen and oxygen atoms in total. The van der Waals surface area contributed by atoms with Crippen LogP contribution in [-0.2, 0) is 9.53 Å². The van der Waals surface area contributed by atoms with Crippen LogP contribution in [0.3, 0.4) is 0 Å². The first-order valence-electron chi connectivity index (χ1n) is 10.6. The molecule has 0 saturated heterocycles. The van der Waals surface area contributed by atoms with Crippen LogP contribution in [0.1, 0.15) is 67.1 Å². The van der Waals surface area contributed by atoms with E-state index in [1.54, 1.807) is 18.4 Å². The van der Waals surface area contributed by atoms with Crippen molar-refractivity contribution in [1.82, 2.24) is 10.6 Å². The van der Waals surface area contributed by atoms with Crippen LogP contribution in [0, 0.1) is 5.92 Å². The molecule has 1 fully saturated rings. The molecule has 1 aromatic heterocycles. The molecule has 2 amide bonds. The summed E-state index contributed by atoms with van der Waals surface area (Å²) < 4.78 is 6.14. The Bertz CT molecular complexity index is 838. The van der Waals surface area contributed by atoms with Crippen molar-refractivity contribution in [3.05, 3.63) is 34.7 Å². The number of amides is 2. The number of hydrogen-bond donors (Lipinski definition) is 2. The summed E-state index contributed by atoms with van der Waals surface area (Å²) in [7, 11) is 1.61. The molecule has 0 spiro atoms. The SMILES string of the molecule is COCCC(=O)NCC1CCC(c2c(C(=O)NC(C)C)sc3ccccc23)CC1. The van der Waals surface area contributed by atoms with E-state index in [2.05, 4.69) is 28.8 Å². The minimum Gasteiger partial charge on any atom is -0.384 e. The van der Waals surface area contributed by atoms with Crippen LogP contribution in [-0.4, -0.2) is 38.1 Å². The van der Waals surface area contributed by atoms with Gasteiger partial charge in [0.15, 0.2) is 0 Å². The number of rotatable bonds is 8. The van der Waals surface area contributed by atoms with Gasteiger partial charge in [0.1, 0.15) is 0 Å². The van der Waals surface area contributed by atoms with E-state index >= 15 is 0 Å².